The summed E-state index contributed by atoms with van der Waals surface area (Å²) in [7, 11) is 0. The average molecular weight is 493 g/mol. The molecule has 5 rings (SSSR count). The van der Waals surface area contributed by atoms with Gasteiger partial charge >= 0.3 is 0 Å². The predicted molar refractivity (Wildman–Crippen MR) is 139 cm³/mol. The minimum absolute atomic E-state index is 0.0708. The third kappa shape index (κ3) is 5.50. The molecular weight excluding hydrogens is 460 g/mol. The molecule has 7 nitrogen and oxygen atoms in total. The number of pyridine rings is 1. The fourth-order valence-corrected chi connectivity index (χ4v) is 5.13. The zero-order chi connectivity index (χ0) is 24.0. The number of nitrogens with one attached hydrogen (secondary N) is 1. The van der Waals surface area contributed by atoms with E-state index in [-0.39, 0.29) is 12.1 Å². The number of ether oxygens (including phenoxy) is 2. The molecule has 2 aromatic heterocycles. The molecule has 2 aliphatic rings. The van der Waals surface area contributed by atoms with E-state index in [2.05, 4.69) is 26.2 Å². The highest BCUT2D eigenvalue weighted by atomic mass is 32.1. The monoisotopic (exact) mass is 492 g/mol. The Morgan fingerprint density at radius 1 is 1.06 bits per heavy atom. The first-order valence-corrected chi connectivity index (χ1v) is 12.7. The van der Waals surface area contributed by atoms with Gasteiger partial charge in [0.05, 0.1) is 31.6 Å². The van der Waals surface area contributed by atoms with E-state index in [1.165, 1.54) is 0 Å². The number of hydrogen-bond donors (Lipinski definition) is 1. The highest BCUT2D eigenvalue weighted by Crippen LogP contribution is 2.40. The molecule has 1 aromatic carbocycles. The van der Waals surface area contributed by atoms with Crippen LogP contribution >= 0.6 is 12.2 Å². The Hall–Kier alpha value is -2.94. The van der Waals surface area contributed by atoms with Gasteiger partial charge in [-0.1, -0.05) is 6.07 Å². The van der Waals surface area contributed by atoms with E-state index < -0.39 is 0 Å². The SMILES string of the molecule is CCOc1ccc(-c2ccc(C3C(c4ccccn4)NC(=S)N3CCCN3CCOCC3)o2)cc1. The Kier molecular flexibility index (Phi) is 7.61. The maximum absolute atomic E-state index is 6.44. The lowest BCUT2D eigenvalue weighted by atomic mass is 10.0. The highest BCUT2D eigenvalue weighted by Gasteiger charge is 2.41. The van der Waals surface area contributed by atoms with Gasteiger partial charge in [0.25, 0.3) is 0 Å². The zero-order valence-corrected chi connectivity index (χ0v) is 20.9. The number of rotatable bonds is 9. The van der Waals surface area contributed by atoms with Crippen LogP contribution in [-0.4, -0.2) is 65.9 Å². The van der Waals surface area contributed by atoms with Gasteiger partial charge in [0.2, 0.25) is 0 Å². The van der Waals surface area contributed by atoms with Crippen molar-refractivity contribution in [3.8, 4) is 17.1 Å². The summed E-state index contributed by atoms with van der Waals surface area (Å²) >= 11 is 5.80. The van der Waals surface area contributed by atoms with Crippen LogP contribution in [0.15, 0.2) is 65.2 Å². The van der Waals surface area contributed by atoms with E-state index in [1.54, 1.807) is 0 Å². The summed E-state index contributed by atoms with van der Waals surface area (Å²) < 4.78 is 17.5. The first kappa shape index (κ1) is 23.8. The third-order valence-electron chi connectivity index (χ3n) is 6.54. The first-order chi connectivity index (χ1) is 17.2. The standard InChI is InChI=1S/C27H32N4O3S/c1-2-33-21-9-7-20(8-10-21)23-11-12-24(34-23)26-25(22-6-3-4-13-28-22)29-27(35)31(26)15-5-14-30-16-18-32-19-17-30/h3-4,6-13,25-26H,2,5,14-19H2,1H3,(H,29,35). The average Bonchev–Trinajstić information content (AvgIpc) is 3.51. The van der Waals surface area contributed by atoms with Crippen molar-refractivity contribution >= 4 is 17.3 Å². The van der Waals surface area contributed by atoms with E-state index in [1.807, 2.05) is 61.7 Å². The first-order valence-electron chi connectivity index (χ1n) is 12.3. The van der Waals surface area contributed by atoms with Crippen molar-refractivity contribution in [3.63, 3.8) is 0 Å². The molecule has 0 amide bonds. The van der Waals surface area contributed by atoms with E-state index in [0.29, 0.717) is 6.61 Å². The minimum atomic E-state index is -0.0774. The molecule has 0 aliphatic carbocycles. The minimum Gasteiger partial charge on any atom is -0.494 e. The molecule has 0 radical (unpaired) electrons. The molecule has 0 spiro atoms. The van der Waals surface area contributed by atoms with Gasteiger partial charge < -0.3 is 24.1 Å². The molecule has 8 heteroatoms. The summed E-state index contributed by atoms with van der Waals surface area (Å²) in [5, 5.41) is 4.25. The summed E-state index contributed by atoms with van der Waals surface area (Å²) in [4.78, 5) is 9.34. The number of morpholine rings is 1. The smallest absolute Gasteiger partial charge is 0.170 e. The normalized spacial score (nSPS) is 20.7. The maximum Gasteiger partial charge on any atom is 0.170 e. The third-order valence-corrected chi connectivity index (χ3v) is 6.90. The van der Waals surface area contributed by atoms with Crippen molar-refractivity contribution in [2.75, 3.05) is 46.0 Å². The van der Waals surface area contributed by atoms with Crippen molar-refractivity contribution in [2.45, 2.75) is 25.4 Å². The van der Waals surface area contributed by atoms with E-state index >= 15 is 0 Å². The van der Waals surface area contributed by atoms with Gasteiger partial charge in [-0.05, 0) is 74.1 Å². The quantitative estimate of drug-likeness (QED) is 0.440. The van der Waals surface area contributed by atoms with Crippen LogP contribution in [0.5, 0.6) is 5.75 Å². The fraction of sp³-hybridized carbons (Fsp3) is 0.407. The highest BCUT2D eigenvalue weighted by molar-refractivity contribution is 7.80. The molecule has 0 saturated carbocycles. The number of nitrogens with zero attached hydrogens (tertiary/aromatic N) is 3. The molecule has 2 aliphatic heterocycles. The molecule has 4 heterocycles. The van der Waals surface area contributed by atoms with Crippen molar-refractivity contribution < 1.29 is 13.9 Å². The van der Waals surface area contributed by atoms with Crippen LogP contribution in [0.1, 0.15) is 36.9 Å². The van der Waals surface area contributed by atoms with Crippen molar-refractivity contribution in [3.05, 3.63) is 72.2 Å². The van der Waals surface area contributed by atoms with Crippen LogP contribution in [-0.2, 0) is 4.74 Å². The lowest BCUT2D eigenvalue weighted by Gasteiger charge is -2.29. The molecular formula is C27H32N4O3S. The topological polar surface area (TPSA) is 63.0 Å². The molecule has 3 aromatic rings. The summed E-state index contributed by atoms with van der Waals surface area (Å²) in [6.45, 7) is 8.12. The summed E-state index contributed by atoms with van der Waals surface area (Å²) in [6, 6.07) is 17.9. The molecule has 2 fully saturated rings. The Bertz CT molecular complexity index is 1100. The number of hydrogen-bond acceptors (Lipinski definition) is 6. The maximum atomic E-state index is 6.44. The van der Waals surface area contributed by atoms with Gasteiger partial charge in [-0.25, -0.2) is 0 Å². The second kappa shape index (κ2) is 11.2. The molecule has 0 bridgehead atoms. The van der Waals surface area contributed by atoms with Crippen LogP contribution in [0.25, 0.3) is 11.3 Å². The Morgan fingerprint density at radius 3 is 2.63 bits per heavy atom. The van der Waals surface area contributed by atoms with Crippen molar-refractivity contribution in [2.24, 2.45) is 0 Å². The second-order valence-corrected chi connectivity index (χ2v) is 9.17. The molecule has 2 unspecified atom stereocenters. The Morgan fingerprint density at radius 2 is 1.89 bits per heavy atom. The van der Waals surface area contributed by atoms with E-state index in [4.69, 9.17) is 26.1 Å². The molecule has 35 heavy (non-hydrogen) atoms. The van der Waals surface area contributed by atoms with Crippen LogP contribution in [0.3, 0.4) is 0 Å². The Labute approximate surface area is 212 Å². The number of benzene rings is 1. The van der Waals surface area contributed by atoms with Gasteiger partial charge in [0.1, 0.15) is 23.3 Å². The molecule has 2 saturated heterocycles. The van der Waals surface area contributed by atoms with Crippen molar-refractivity contribution in [1.29, 1.82) is 0 Å². The Balaban J connectivity index is 1.37. The van der Waals surface area contributed by atoms with Crippen LogP contribution < -0.4 is 10.1 Å². The van der Waals surface area contributed by atoms with Crippen LogP contribution in [0.2, 0.25) is 0 Å². The fourth-order valence-electron chi connectivity index (χ4n) is 4.79. The van der Waals surface area contributed by atoms with Gasteiger partial charge in [0.15, 0.2) is 5.11 Å². The molecule has 2 atom stereocenters. The van der Waals surface area contributed by atoms with Gasteiger partial charge in [-0.15, -0.1) is 0 Å². The molecule has 184 valence electrons. The predicted octanol–water partition coefficient (Wildman–Crippen LogP) is 4.44. The lowest BCUT2D eigenvalue weighted by molar-refractivity contribution is 0.0365. The summed E-state index contributed by atoms with van der Waals surface area (Å²) in [5.41, 5.74) is 1.97. The largest absolute Gasteiger partial charge is 0.494 e. The van der Waals surface area contributed by atoms with Gasteiger partial charge in [-0.3, -0.25) is 9.88 Å². The summed E-state index contributed by atoms with van der Waals surface area (Å²) in [6.07, 6.45) is 2.84. The number of thiocarbonyl (C=S) groups is 1. The number of furan rings is 1. The van der Waals surface area contributed by atoms with Crippen LogP contribution in [0.4, 0.5) is 0 Å². The summed E-state index contributed by atoms with van der Waals surface area (Å²) in [5.74, 6) is 2.56. The second-order valence-electron chi connectivity index (χ2n) is 8.79. The molecule has 1 N–H and O–H groups in total. The van der Waals surface area contributed by atoms with E-state index in [0.717, 1.165) is 79.5 Å². The van der Waals surface area contributed by atoms with Gasteiger partial charge in [0, 0.05) is 37.9 Å². The zero-order valence-electron chi connectivity index (χ0n) is 20.1. The number of aromatic nitrogens is 1. The lowest BCUT2D eigenvalue weighted by Crippen LogP contribution is -2.38. The van der Waals surface area contributed by atoms with Crippen molar-refractivity contribution in [1.82, 2.24) is 20.1 Å². The van der Waals surface area contributed by atoms with Gasteiger partial charge in [-0.2, -0.15) is 0 Å². The van der Waals surface area contributed by atoms with Crippen LogP contribution in [0, 0.1) is 0 Å². The van der Waals surface area contributed by atoms with E-state index in [9.17, 15) is 0 Å².